The van der Waals surface area contributed by atoms with E-state index >= 15 is 0 Å². The third-order valence-electron chi connectivity index (χ3n) is 2.57. The molecular weight excluding hydrogens is 232 g/mol. The number of rotatable bonds is 6. The van der Waals surface area contributed by atoms with E-state index in [0.29, 0.717) is 18.7 Å². The average Bonchev–Trinajstić information content (AvgIpc) is 2.73. The van der Waals surface area contributed by atoms with Crippen molar-refractivity contribution in [3.05, 3.63) is 12.4 Å². The van der Waals surface area contributed by atoms with Gasteiger partial charge in [-0.1, -0.05) is 6.92 Å². The lowest BCUT2D eigenvalue weighted by molar-refractivity contribution is 0.167. The summed E-state index contributed by atoms with van der Waals surface area (Å²) in [6.07, 6.45) is 4.62. The molecule has 1 atom stereocenters. The molecule has 2 amide bonds. The molecule has 1 heterocycles. The SMILES string of the molecule is CCCn1cc(NC(=O)N(C)CCC(C)O)cn1. The van der Waals surface area contributed by atoms with Gasteiger partial charge in [0.25, 0.3) is 0 Å². The first-order valence-electron chi connectivity index (χ1n) is 6.25. The zero-order chi connectivity index (χ0) is 13.5. The molecular formula is C12H22N4O2. The molecule has 6 heteroatoms. The molecule has 0 aromatic carbocycles. The molecule has 6 nitrogen and oxygen atoms in total. The Hall–Kier alpha value is -1.56. The number of nitrogens with zero attached hydrogens (tertiary/aromatic N) is 3. The first-order chi connectivity index (χ1) is 8.52. The zero-order valence-corrected chi connectivity index (χ0v) is 11.3. The van der Waals surface area contributed by atoms with Gasteiger partial charge in [0.05, 0.1) is 18.0 Å². The Morgan fingerprint density at radius 3 is 3.00 bits per heavy atom. The summed E-state index contributed by atoms with van der Waals surface area (Å²) < 4.78 is 1.80. The van der Waals surface area contributed by atoms with Gasteiger partial charge in [0.2, 0.25) is 0 Å². The Labute approximate surface area is 108 Å². The Morgan fingerprint density at radius 1 is 1.67 bits per heavy atom. The number of aliphatic hydroxyl groups excluding tert-OH is 1. The second-order valence-electron chi connectivity index (χ2n) is 4.48. The number of hydrogen-bond donors (Lipinski definition) is 2. The van der Waals surface area contributed by atoms with E-state index in [4.69, 9.17) is 5.11 Å². The van der Waals surface area contributed by atoms with Gasteiger partial charge in [-0.3, -0.25) is 4.68 Å². The van der Waals surface area contributed by atoms with Crippen molar-refractivity contribution in [1.29, 1.82) is 0 Å². The predicted molar refractivity (Wildman–Crippen MR) is 70.5 cm³/mol. The number of carbonyl (C=O) groups excluding carboxylic acids is 1. The standard InChI is InChI=1S/C12H22N4O2/c1-4-6-16-9-11(8-13-16)14-12(18)15(3)7-5-10(2)17/h8-10,17H,4-7H2,1-3H3,(H,14,18). The van der Waals surface area contributed by atoms with Gasteiger partial charge in [-0.2, -0.15) is 5.10 Å². The van der Waals surface area contributed by atoms with Crippen molar-refractivity contribution in [2.24, 2.45) is 0 Å². The summed E-state index contributed by atoms with van der Waals surface area (Å²) in [5.41, 5.74) is 0.692. The number of amides is 2. The molecule has 0 spiro atoms. The second-order valence-corrected chi connectivity index (χ2v) is 4.48. The van der Waals surface area contributed by atoms with E-state index in [1.807, 2.05) is 6.20 Å². The maximum absolute atomic E-state index is 11.8. The number of aromatic nitrogens is 2. The number of aryl methyl sites for hydroxylation is 1. The summed E-state index contributed by atoms with van der Waals surface area (Å²) in [6.45, 7) is 5.14. The van der Waals surface area contributed by atoms with E-state index < -0.39 is 6.10 Å². The zero-order valence-electron chi connectivity index (χ0n) is 11.3. The molecule has 1 unspecified atom stereocenters. The van der Waals surface area contributed by atoms with Crippen molar-refractivity contribution >= 4 is 11.7 Å². The van der Waals surface area contributed by atoms with E-state index in [0.717, 1.165) is 13.0 Å². The highest BCUT2D eigenvalue weighted by atomic mass is 16.3. The summed E-state index contributed by atoms with van der Waals surface area (Å²) in [7, 11) is 1.70. The van der Waals surface area contributed by atoms with Crippen molar-refractivity contribution in [3.63, 3.8) is 0 Å². The Balaban J connectivity index is 2.42. The lowest BCUT2D eigenvalue weighted by atomic mass is 10.3. The maximum Gasteiger partial charge on any atom is 0.321 e. The van der Waals surface area contributed by atoms with Gasteiger partial charge in [0.15, 0.2) is 0 Å². The van der Waals surface area contributed by atoms with Gasteiger partial charge in [-0.05, 0) is 19.8 Å². The summed E-state index contributed by atoms with van der Waals surface area (Å²) in [4.78, 5) is 13.3. The molecule has 0 fully saturated rings. The van der Waals surface area contributed by atoms with Crippen LogP contribution < -0.4 is 5.32 Å². The number of aliphatic hydroxyl groups is 1. The van der Waals surface area contributed by atoms with Gasteiger partial charge >= 0.3 is 6.03 Å². The summed E-state index contributed by atoms with van der Waals surface area (Å²) in [5.74, 6) is 0. The Kier molecular flexibility index (Phi) is 5.64. The highest BCUT2D eigenvalue weighted by molar-refractivity contribution is 5.88. The highest BCUT2D eigenvalue weighted by Crippen LogP contribution is 2.06. The topological polar surface area (TPSA) is 70.4 Å². The van der Waals surface area contributed by atoms with Crippen LogP contribution in [-0.4, -0.2) is 45.5 Å². The van der Waals surface area contributed by atoms with Crippen LogP contribution in [0, 0.1) is 0 Å². The number of carbonyl (C=O) groups is 1. The number of anilines is 1. The molecule has 0 saturated carbocycles. The molecule has 0 aliphatic carbocycles. The van der Waals surface area contributed by atoms with Crippen LogP contribution >= 0.6 is 0 Å². The quantitative estimate of drug-likeness (QED) is 0.808. The van der Waals surface area contributed by atoms with E-state index in [9.17, 15) is 4.79 Å². The minimum Gasteiger partial charge on any atom is -0.393 e. The smallest absolute Gasteiger partial charge is 0.321 e. The second kappa shape index (κ2) is 7.00. The largest absolute Gasteiger partial charge is 0.393 e. The third-order valence-corrected chi connectivity index (χ3v) is 2.57. The number of hydrogen-bond acceptors (Lipinski definition) is 3. The van der Waals surface area contributed by atoms with Crippen LogP contribution in [0.1, 0.15) is 26.7 Å². The molecule has 1 aromatic rings. The highest BCUT2D eigenvalue weighted by Gasteiger charge is 2.10. The van der Waals surface area contributed by atoms with Crippen molar-refractivity contribution in [1.82, 2.24) is 14.7 Å². The van der Waals surface area contributed by atoms with Crippen LogP contribution in [0.4, 0.5) is 10.5 Å². The number of nitrogens with one attached hydrogen (secondary N) is 1. The predicted octanol–water partition coefficient (Wildman–Crippen LogP) is 1.53. The Bertz CT molecular complexity index is 376. The van der Waals surface area contributed by atoms with Gasteiger partial charge in [-0.15, -0.1) is 0 Å². The maximum atomic E-state index is 11.8. The van der Waals surface area contributed by atoms with Crippen LogP contribution in [0.5, 0.6) is 0 Å². The molecule has 0 radical (unpaired) electrons. The molecule has 1 aromatic heterocycles. The van der Waals surface area contributed by atoms with Gasteiger partial charge in [0.1, 0.15) is 0 Å². The molecule has 102 valence electrons. The summed E-state index contributed by atoms with van der Waals surface area (Å²) >= 11 is 0. The van der Waals surface area contributed by atoms with E-state index in [1.54, 1.807) is 29.7 Å². The van der Waals surface area contributed by atoms with Crippen LogP contribution in [0.25, 0.3) is 0 Å². The third kappa shape index (κ3) is 4.75. The molecule has 0 aliphatic rings. The van der Waals surface area contributed by atoms with Crippen LogP contribution in [0.15, 0.2) is 12.4 Å². The number of urea groups is 1. The monoisotopic (exact) mass is 254 g/mol. The normalized spacial score (nSPS) is 12.2. The average molecular weight is 254 g/mol. The summed E-state index contributed by atoms with van der Waals surface area (Å²) in [5, 5.41) is 16.1. The van der Waals surface area contributed by atoms with Gasteiger partial charge in [0, 0.05) is 26.3 Å². The fourth-order valence-corrected chi connectivity index (χ4v) is 1.48. The van der Waals surface area contributed by atoms with Gasteiger partial charge in [-0.25, -0.2) is 4.79 Å². The van der Waals surface area contributed by atoms with E-state index in [1.165, 1.54) is 0 Å². The molecule has 0 saturated heterocycles. The van der Waals surface area contributed by atoms with Crippen molar-refractivity contribution in [2.45, 2.75) is 39.3 Å². The van der Waals surface area contributed by atoms with Crippen LogP contribution in [0.3, 0.4) is 0 Å². The first kappa shape index (κ1) is 14.5. The van der Waals surface area contributed by atoms with Crippen LogP contribution in [0.2, 0.25) is 0 Å². The molecule has 0 bridgehead atoms. The first-order valence-corrected chi connectivity index (χ1v) is 6.25. The lowest BCUT2D eigenvalue weighted by Gasteiger charge is -2.17. The molecule has 1 rings (SSSR count). The summed E-state index contributed by atoms with van der Waals surface area (Å²) in [6, 6.07) is -0.188. The van der Waals surface area contributed by atoms with E-state index in [-0.39, 0.29) is 6.03 Å². The molecule has 0 aliphatic heterocycles. The lowest BCUT2D eigenvalue weighted by Crippen LogP contribution is -2.33. The fourth-order valence-electron chi connectivity index (χ4n) is 1.48. The van der Waals surface area contributed by atoms with Crippen molar-refractivity contribution < 1.29 is 9.90 Å². The van der Waals surface area contributed by atoms with Crippen LogP contribution in [-0.2, 0) is 6.54 Å². The minimum atomic E-state index is -0.396. The Morgan fingerprint density at radius 2 is 2.39 bits per heavy atom. The van der Waals surface area contributed by atoms with Crippen molar-refractivity contribution in [2.75, 3.05) is 18.9 Å². The minimum absolute atomic E-state index is 0.188. The fraction of sp³-hybridized carbons (Fsp3) is 0.667. The van der Waals surface area contributed by atoms with Gasteiger partial charge < -0.3 is 15.3 Å². The van der Waals surface area contributed by atoms with Crippen molar-refractivity contribution in [3.8, 4) is 0 Å². The molecule has 18 heavy (non-hydrogen) atoms. The van der Waals surface area contributed by atoms with E-state index in [2.05, 4.69) is 17.3 Å². The molecule has 2 N–H and O–H groups in total.